The SMILES string of the molecule is CC(=O)N1c2ccc(S(=O)(=O)N3CCC(C(=O)NCc4ccc5c(c4)OCO5)CC3)cc2C[C@H]1C. The van der Waals surface area contributed by atoms with E-state index >= 15 is 0 Å². The van der Waals surface area contributed by atoms with E-state index in [9.17, 15) is 18.0 Å². The first-order valence-corrected chi connectivity index (χ1v) is 13.3. The quantitative estimate of drug-likeness (QED) is 0.678. The van der Waals surface area contributed by atoms with Crippen LogP contribution in [0.4, 0.5) is 5.69 Å². The molecular weight excluding hydrogens is 470 g/mol. The van der Waals surface area contributed by atoms with Gasteiger partial charge in [0, 0.05) is 44.2 Å². The van der Waals surface area contributed by atoms with E-state index in [1.165, 1.54) is 11.2 Å². The molecule has 186 valence electrons. The van der Waals surface area contributed by atoms with Gasteiger partial charge in [-0.3, -0.25) is 9.59 Å². The number of amides is 2. The summed E-state index contributed by atoms with van der Waals surface area (Å²) in [5.74, 6) is 1.01. The van der Waals surface area contributed by atoms with Crippen molar-refractivity contribution in [2.45, 2.75) is 50.6 Å². The molecule has 0 saturated carbocycles. The van der Waals surface area contributed by atoms with Crippen LogP contribution in [-0.2, 0) is 32.6 Å². The Hall–Kier alpha value is -3.11. The van der Waals surface area contributed by atoms with Crippen molar-refractivity contribution in [3.05, 3.63) is 47.5 Å². The fourth-order valence-corrected chi connectivity index (χ4v) is 6.66. The lowest BCUT2D eigenvalue weighted by molar-refractivity contribution is -0.126. The summed E-state index contributed by atoms with van der Waals surface area (Å²) in [5.41, 5.74) is 2.56. The van der Waals surface area contributed by atoms with Crippen LogP contribution in [0.2, 0.25) is 0 Å². The summed E-state index contributed by atoms with van der Waals surface area (Å²) >= 11 is 0. The number of nitrogens with zero attached hydrogens (tertiary/aromatic N) is 2. The third kappa shape index (κ3) is 4.48. The van der Waals surface area contributed by atoms with Crippen molar-refractivity contribution in [1.29, 1.82) is 0 Å². The van der Waals surface area contributed by atoms with E-state index in [0.29, 0.717) is 37.3 Å². The van der Waals surface area contributed by atoms with Crippen molar-refractivity contribution in [1.82, 2.24) is 9.62 Å². The van der Waals surface area contributed by atoms with E-state index < -0.39 is 10.0 Å². The average molecular weight is 500 g/mol. The van der Waals surface area contributed by atoms with Gasteiger partial charge < -0.3 is 19.7 Å². The van der Waals surface area contributed by atoms with E-state index in [1.54, 1.807) is 23.1 Å². The van der Waals surface area contributed by atoms with Gasteiger partial charge in [0.2, 0.25) is 28.6 Å². The summed E-state index contributed by atoms with van der Waals surface area (Å²) in [4.78, 5) is 26.6. The Morgan fingerprint density at radius 2 is 1.80 bits per heavy atom. The highest BCUT2D eigenvalue weighted by atomic mass is 32.2. The van der Waals surface area contributed by atoms with Gasteiger partial charge >= 0.3 is 0 Å². The molecule has 2 aromatic carbocycles. The number of carbonyl (C=O) groups is 2. The Balaban J connectivity index is 1.19. The molecule has 1 fully saturated rings. The number of benzene rings is 2. The maximum absolute atomic E-state index is 13.3. The molecule has 5 rings (SSSR count). The van der Waals surface area contributed by atoms with Crippen LogP contribution in [0, 0.1) is 5.92 Å². The fraction of sp³-hybridized carbons (Fsp3) is 0.440. The van der Waals surface area contributed by atoms with Crippen molar-refractivity contribution in [2.24, 2.45) is 5.92 Å². The Labute approximate surface area is 205 Å². The van der Waals surface area contributed by atoms with Crippen LogP contribution in [-0.4, -0.2) is 50.5 Å². The molecule has 1 N–H and O–H groups in total. The van der Waals surface area contributed by atoms with Crippen LogP contribution in [0.5, 0.6) is 11.5 Å². The first-order valence-electron chi connectivity index (χ1n) is 11.8. The Morgan fingerprint density at radius 3 is 2.54 bits per heavy atom. The zero-order chi connectivity index (χ0) is 24.7. The summed E-state index contributed by atoms with van der Waals surface area (Å²) < 4.78 is 38.7. The number of rotatable bonds is 5. The van der Waals surface area contributed by atoms with Gasteiger partial charge in [-0.05, 0) is 67.6 Å². The molecular formula is C25H29N3O6S. The molecule has 0 spiro atoms. The minimum absolute atomic E-state index is 0.00683. The highest BCUT2D eigenvalue weighted by Crippen LogP contribution is 2.35. The van der Waals surface area contributed by atoms with Gasteiger partial charge in [-0.25, -0.2) is 8.42 Å². The first kappa shape index (κ1) is 23.6. The number of carbonyl (C=O) groups excluding carboxylic acids is 2. The van der Waals surface area contributed by atoms with Crippen LogP contribution in [0.25, 0.3) is 0 Å². The number of fused-ring (bicyclic) bond motifs is 2. The molecule has 9 nitrogen and oxygen atoms in total. The van der Waals surface area contributed by atoms with Gasteiger partial charge in [0.15, 0.2) is 11.5 Å². The van der Waals surface area contributed by atoms with E-state index in [4.69, 9.17) is 9.47 Å². The fourth-order valence-electron chi connectivity index (χ4n) is 5.14. The number of anilines is 1. The predicted molar refractivity (Wildman–Crippen MR) is 129 cm³/mol. The lowest BCUT2D eigenvalue weighted by atomic mass is 9.97. The van der Waals surface area contributed by atoms with Gasteiger partial charge in [-0.15, -0.1) is 0 Å². The second-order valence-electron chi connectivity index (χ2n) is 9.32. The predicted octanol–water partition coefficient (Wildman–Crippen LogP) is 2.43. The van der Waals surface area contributed by atoms with Gasteiger partial charge in [0.25, 0.3) is 0 Å². The van der Waals surface area contributed by atoms with Crippen molar-refractivity contribution in [3.8, 4) is 11.5 Å². The molecule has 3 aliphatic rings. The number of ether oxygens (including phenoxy) is 2. The zero-order valence-corrected chi connectivity index (χ0v) is 20.6. The number of piperidine rings is 1. The van der Waals surface area contributed by atoms with Crippen molar-refractivity contribution in [3.63, 3.8) is 0 Å². The largest absolute Gasteiger partial charge is 0.454 e. The molecule has 1 atom stereocenters. The molecule has 35 heavy (non-hydrogen) atoms. The third-order valence-corrected chi connectivity index (χ3v) is 8.87. The normalized spacial score (nSPS) is 20.1. The minimum Gasteiger partial charge on any atom is -0.454 e. The molecule has 3 aliphatic heterocycles. The van der Waals surface area contributed by atoms with Crippen LogP contribution < -0.4 is 19.7 Å². The molecule has 0 radical (unpaired) electrons. The average Bonchev–Trinajstić information content (AvgIpc) is 3.44. The molecule has 10 heteroatoms. The Bertz CT molecular complexity index is 1270. The smallest absolute Gasteiger partial charge is 0.243 e. The van der Waals surface area contributed by atoms with Crippen molar-refractivity contribution in [2.75, 3.05) is 24.8 Å². The van der Waals surface area contributed by atoms with Crippen molar-refractivity contribution < 1.29 is 27.5 Å². The Kier molecular flexibility index (Phi) is 6.18. The number of hydrogen-bond acceptors (Lipinski definition) is 6. The summed E-state index contributed by atoms with van der Waals surface area (Å²) in [7, 11) is -3.68. The van der Waals surface area contributed by atoms with Crippen LogP contribution in [0.1, 0.15) is 37.8 Å². The topological polar surface area (TPSA) is 105 Å². The first-order chi connectivity index (χ1) is 16.7. The van der Waals surface area contributed by atoms with Gasteiger partial charge in [-0.2, -0.15) is 4.31 Å². The number of nitrogens with one attached hydrogen (secondary N) is 1. The maximum atomic E-state index is 13.3. The Morgan fingerprint density at radius 1 is 1.06 bits per heavy atom. The molecule has 2 aromatic rings. The van der Waals surface area contributed by atoms with E-state index in [2.05, 4.69) is 5.32 Å². The van der Waals surface area contributed by atoms with Crippen LogP contribution in [0.15, 0.2) is 41.3 Å². The summed E-state index contributed by atoms with van der Waals surface area (Å²) in [5, 5.41) is 2.96. The zero-order valence-electron chi connectivity index (χ0n) is 19.8. The van der Waals surface area contributed by atoms with Crippen LogP contribution in [0.3, 0.4) is 0 Å². The van der Waals surface area contributed by atoms with Gasteiger partial charge in [0.1, 0.15) is 0 Å². The molecule has 2 amide bonds. The molecule has 0 bridgehead atoms. The minimum atomic E-state index is -3.68. The lowest BCUT2D eigenvalue weighted by Gasteiger charge is -2.30. The highest BCUT2D eigenvalue weighted by Gasteiger charge is 2.34. The highest BCUT2D eigenvalue weighted by molar-refractivity contribution is 7.89. The van der Waals surface area contributed by atoms with Crippen molar-refractivity contribution >= 4 is 27.5 Å². The van der Waals surface area contributed by atoms with E-state index in [1.807, 2.05) is 25.1 Å². The van der Waals surface area contributed by atoms with Gasteiger partial charge in [-0.1, -0.05) is 6.07 Å². The third-order valence-electron chi connectivity index (χ3n) is 6.97. The summed E-state index contributed by atoms with van der Waals surface area (Å²) in [6.45, 7) is 4.63. The number of sulfonamides is 1. The molecule has 0 aliphatic carbocycles. The second kappa shape index (κ2) is 9.16. The van der Waals surface area contributed by atoms with Gasteiger partial charge in [0.05, 0.1) is 4.90 Å². The summed E-state index contributed by atoms with van der Waals surface area (Å²) in [6, 6.07) is 10.6. The van der Waals surface area contributed by atoms with Crippen LogP contribution >= 0.6 is 0 Å². The number of hydrogen-bond donors (Lipinski definition) is 1. The molecule has 0 unspecified atom stereocenters. The summed E-state index contributed by atoms with van der Waals surface area (Å²) in [6.07, 6.45) is 1.56. The maximum Gasteiger partial charge on any atom is 0.243 e. The van der Waals surface area contributed by atoms with E-state index in [-0.39, 0.29) is 48.6 Å². The second-order valence-corrected chi connectivity index (χ2v) is 11.3. The standard InChI is InChI=1S/C25H29N3O6S/c1-16-11-20-13-21(4-5-22(20)28(16)17(2)29)35(31,32)27-9-7-19(8-10-27)25(30)26-14-18-3-6-23-24(12-18)34-15-33-23/h3-6,12-13,16,19H,7-11,14-15H2,1-2H3,(H,26,30)/t16-/m1/s1. The lowest BCUT2D eigenvalue weighted by Crippen LogP contribution is -2.42. The molecule has 3 heterocycles. The molecule has 1 saturated heterocycles. The molecule has 0 aromatic heterocycles. The monoisotopic (exact) mass is 499 g/mol. The van der Waals surface area contributed by atoms with E-state index in [0.717, 1.165) is 16.8 Å².